The van der Waals surface area contributed by atoms with Crippen LogP contribution in [0, 0.1) is 17.3 Å². The van der Waals surface area contributed by atoms with Crippen molar-refractivity contribution < 1.29 is 9.22 Å². The van der Waals surface area contributed by atoms with Gasteiger partial charge in [-0.1, -0.05) is 46.3 Å². The Kier molecular flexibility index (Phi) is 4.56. The van der Waals surface area contributed by atoms with E-state index in [1.807, 2.05) is 0 Å². The summed E-state index contributed by atoms with van der Waals surface area (Å²) < 4.78 is 6.63. The molecule has 1 fully saturated rings. The van der Waals surface area contributed by atoms with Gasteiger partial charge in [-0.2, -0.15) is 0 Å². The Bertz CT molecular complexity index is 482. The third-order valence-electron chi connectivity index (χ3n) is 6.60. The number of ketones is 1. The summed E-state index contributed by atoms with van der Waals surface area (Å²) in [4.78, 5) is 12.8. The highest BCUT2D eigenvalue weighted by Gasteiger charge is 2.49. The van der Waals surface area contributed by atoms with Gasteiger partial charge in [-0.05, 0) is 49.2 Å². The fourth-order valence-electron chi connectivity index (χ4n) is 4.01. The van der Waals surface area contributed by atoms with Crippen LogP contribution < -0.4 is 0 Å². The van der Waals surface area contributed by atoms with E-state index in [0.717, 1.165) is 12.8 Å². The van der Waals surface area contributed by atoms with Crippen molar-refractivity contribution in [2.24, 2.45) is 17.3 Å². The summed E-state index contributed by atoms with van der Waals surface area (Å²) >= 11 is 0. The SMILES string of the molecule is CC1=CC[C@@H]2C(=O)C[C@@H](O[Si](C)(C)C(C)(C)C)C[C@H]1C2(C)C. The van der Waals surface area contributed by atoms with Crippen LogP contribution in [0.3, 0.4) is 0 Å². The molecular formula is C19H34O2Si. The zero-order valence-electron chi connectivity index (χ0n) is 15.7. The third kappa shape index (κ3) is 3.12. The van der Waals surface area contributed by atoms with E-state index in [-0.39, 0.29) is 22.5 Å². The van der Waals surface area contributed by atoms with Crippen LogP contribution in [0.1, 0.15) is 60.8 Å². The second kappa shape index (κ2) is 5.59. The molecule has 3 atom stereocenters. The minimum absolute atomic E-state index is 0.0709. The number of hydrogen-bond acceptors (Lipinski definition) is 2. The molecule has 0 aromatic heterocycles. The van der Waals surface area contributed by atoms with E-state index in [0.29, 0.717) is 18.1 Å². The van der Waals surface area contributed by atoms with Crippen molar-refractivity contribution in [3.8, 4) is 0 Å². The van der Waals surface area contributed by atoms with Crippen LogP contribution in [-0.4, -0.2) is 20.2 Å². The van der Waals surface area contributed by atoms with Gasteiger partial charge in [-0.15, -0.1) is 0 Å². The number of allylic oxidation sites excluding steroid dienone is 2. The summed E-state index contributed by atoms with van der Waals surface area (Å²) in [5, 5.41) is 0.192. The van der Waals surface area contributed by atoms with Crippen LogP contribution in [-0.2, 0) is 9.22 Å². The Balaban J connectivity index is 2.28. The molecule has 0 radical (unpaired) electrons. The number of carbonyl (C=O) groups excluding carboxylic acids is 1. The highest BCUT2D eigenvalue weighted by atomic mass is 28.4. The fourth-order valence-corrected chi connectivity index (χ4v) is 5.38. The van der Waals surface area contributed by atoms with Gasteiger partial charge in [0.05, 0.1) is 6.10 Å². The monoisotopic (exact) mass is 322 g/mol. The maximum Gasteiger partial charge on any atom is 0.192 e. The Morgan fingerprint density at radius 3 is 2.36 bits per heavy atom. The molecule has 0 amide bonds. The van der Waals surface area contributed by atoms with E-state index in [9.17, 15) is 4.79 Å². The van der Waals surface area contributed by atoms with Crippen molar-refractivity contribution >= 4 is 14.1 Å². The third-order valence-corrected chi connectivity index (χ3v) is 11.1. The van der Waals surface area contributed by atoms with Gasteiger partial charge in [0.15, 0.2) is 8.32 Å². The van der Waals surface area contributed by atoms with Crippen molar-refractivity contribution in [3.63, 3.8) is 0 Å². The van der Waals surface area contributed by atoms with Crippen molar-refractivity contribution in [1.29, 1.82) is 0 Å². The molecule has 2 bridgehead atoms. The Morgan fingerprint density at radius 2 is 1.82 bits per heavy atom. The van der Waals surface area contributed by atoms with Crippen molar-refractivity contribution in [2.75, 3.05) is 0 Å². The molecule has 0 N–H and O–H groups in total. The van der Waals surface area contributed by atoms with E-state index < -0.39 is 8.32 Å². The molecule has 3 heteroatoms. The molecular weight excluding hydrogens is 288 g/mol. The van der Waals surface area contributed by atoms with Gasteiger partial charge in [-0.25, -0.2) is 0 Å². The van der Waals surface area contributed by atoms with E-state index >= 15 is 0 Å². The van der Waals surface area contributed by atoms with Gasteiger partial charge >= 0.3 is 0 Å². The van der Waals surface area contributed by atoms with E-state index in [2.05, 4.69) is 60.7 Å². The molecule has 0 aliphatic heterocycles. The highest BCUT2D eigenvalue weighted by molar-refractivity contribution is 6.74. The van der Waals surface area contributed by atoms with Crippen molar-refractivity contribution in [2.45, 2.75) is 85.0 Å². The second-order valence-corrected chi connectivity index (χ2v) is 14.3. The normalized spacial score (nSPS) is 32.5. The zero-order valence-corrected chi connectivity index (χ0v) is 16.7. The van der Waals surface area contributed by atoms with Gasteiger partial charge in [0.2, 0.25) is 0 Å². The van der Waals surface area contributed by atoms with Crippen LogP contribution in [0.5, 0.6) is 0 Å². The zero-order chi connectivity index (χ0) is 16.9. The quantitative estimate of drug-likeness (QED) is 0.506. The van der Waals surface area contributed by atoms with Gasteiger partial charge in [0.25, 0.3) is 0 Å². The molecule has 0 saturated heterocycles. The van der Waals surface area contributed by atoms with Gasteiger partial charge in [0, 0.05) is 12.3 Å². The van der Waals surface area contributed by atoms with Gasteiger partial charge in [0.1, 0.15) is 5.78 Å². The number of Topliss-reactive ketones (excluding diaryl/α,β-unsaturated/α-hetero) is 1. The molecule has 22 heavy (non-hydrogen) atoms. The molecule has 2 aliphatic carbocycles. The highest BCUT2D eigenvalue weighted by Crippen LogP contribution is 2.51. The van der Waals surface area contributed by atoms with Crippen LogP contribution in [0.15, 0.2) is 11.6 Å². The summed E-state index contributed by atoms with van der Waals surface area (Å²) in [7, 11) is -1.83. The smallest absolute Gasteiger partial charge is 0.192 e. The first-order chi connectivity index (χ1) is 9.86. The van der Waals surface area contributed by atoms with Crippen molar-refractivity contribution in [3.05, 3.63) is 11.6 Å². The van der Waals surface area contributed by atoms with E-state index in [4.69, 9.17) is 4.43 Å². The largest absolute Gasteiger partial charge is 0.413 e. The molecule has 2 rings (SSSR count). The maximum absolute atomic E-state index is 12.8. The first-order valence-electron chi connectivity index (χ1n) is 8.73. The molecule has 0 unspecified atom stereocenters. The summed E-state index contributed by atoms with van der Waals surface area (Å²) in [5.41, 5.74) is 1.53. The molecule has 0 spiro atoms. The molecule has 0 aromatic carbocycles. The fraction of sp³-hybridized carbons (Fsp3) is 0.842. The van der Waals surface area contributed by atoms with Gasteiger partial charge < -0.3 is 4.43 Å². The lowest BCUT2D eigenvalue weighted by molar-refractivity contribution is -0.127. The minimum Gasteiger partial charge on any atom is -0.413 e. The lowest BCUT2D eigenvalue weighted by atomic mass is 9.61. The average molecular weight is 323 g/mol. The van der Waals surface area contributed by atoms with Crippen molar-refractivity contribution in [1.82, 2.24) is 0 Å². The van der Waals surface area contributed by atoms with E-state index in [1.54, 1.807) is 0 Å². The lowest BCUT2D eigenvalue weighted by Gasteiger charge is -2.43. The number of carbonyl (C=O) groups is 1. The van der Waals surface area contributed by atoms with E-state index in [1.165, 1.54) is 5.57 Å². The summed E-state index contributed by atoms with van der Waals surface area (Å²) in [6.45, 7) is 18.2. The van der Waals surface area contributed by atoms with Crippen LogP contribution in [0.4, 0.5) is 0 Å². The second-order valence-electron chi connectivity index (χ2n) is 9.52. The summed E-state index contributed by atoms with van der Waals surface area (Å²) in [5.74, 6) is 1.07. The average Bonchev–Trinajstić information content (AvgIpc) is 2.36. The first-order valence-corrected chi connectivity index (χ1v) is 11.6. The lowest BCUT2D eigenvalue weighted by Crippen LogP contribution is -2.44. The molecule has 126 valence electrons. The topological polar surface area (TPSA) is 26.3 Å². The van der Waals surface area contributed by atoms with Crippen LogP contribution in [0.25, 0.3) is 0 Å². The van der Waals surface area contributed by atoms with Crippen LogP contribution in [0.2, 0.25) is 18.1 Å². The maximum atomic E-state index is 12.8. The number of rotatable bonds is 2. The number of hydrogen-bond donors (Lipinski definition) is 0. The minimum atomic E-state index is -1.83. The van der Waals surface area contributed by atoms with Gasteiger partial charge in [-0.3, -0.25) is 4.79 Å². The predicted molar refractivity (Wildman–Crippen MR) is 95.4 cm³/mol. The molecule has 1 saturated carbocycles. The Labute approximate surface area is 137 Å². The number of fused-ring (bicyclic) bond motifs is 2. The molecule has 2 nitrogen and oxygen atoms in total. The van der Waals surface area contributed by atoms with Crippen LogP contribution >= 0.6 is 0 Å². The molecule has 0 heterocycles. The Morgan fingerprint density at radius 1 is 1.23 bits per heavy atom. The standard InChI is InChI=1S/C19H34O2Si/c1-13-9-10-15-17(20)12-14(11-16(13)19(15,5)6)21-22(7,8)18(2,3)4/h9,14-16H,10-12H2,1-8H3/t14-,15+,16+/m0/s1. The first kappa shape index (κ1) is 17.9. The Hall–Kier alpha value is -0.413. The molecule has 2 aliphatic rings. The molecule has 0 aromatic rings. The summed E-state index contributed by atoms with van der Waals surface area (Å²) in [6, 6.07) is 0. The predicted octanol–water partition coefficient (Wildman–Crippen LogP) is 5.35. The summed E-state index contributed by atoms with van der Waals surface area (Å²) in [6.07, 6.45) is 4.93.